The Balaban J connectivity index is 3.97. The molecule has 574 valence electrons. The van der Waals surface area contributed by atoms with Crippen molar-refractivity contribution in [3.8, 4) is 0 Å². The fraction of sp³-hybridized carbons (Fsp3) is 0.889. The maximum Gasteiger partial charge on any atom is 0.458 e. The number of nitrogens with zero attached hydrogens (tertiary/aromatic N) is 18. The van der Waals surface area contributed by atoms with Crippen LogP contribution in [0.3, 0.4) is 0 Å². The van der Waals surface area contributed by atoms with Crippen molar-refractivity contribution < 1.29 is 158 Å². The molecule has 1 rings (SSSR count). The van der Waals surface area contributed by atoms with Gasteiger partial charge in [0.25, 0.3) is 11.8 Å². The molecule has 1 aromatic heterocycles. The third-order valence-corrected chi connectivity index (χ3v) is 11.7. The zero-order chi connectivity index (χ0) is 76.2. The minimum atomic E-state index is -7.01. The third-order valence-electron chi connectivity index (χ3n) is 11.7. The molecule has 0 aliphatic rings. The van der Waals surface area contributed by atoms with Gasteiger partial charge in [0.1, 0.15) is 19.6 Å². The molecule has 0 radical (unpaired) electrons. The van der Waals surface area contributed by atoms with Crippen molar-refractivity contribution in [1.82, 2.24) is 25.6 Å². The number of carbonyl (C=O) groups is 2. The zero-order valence-electron chi connectivity index (χ0n) is 51.4. The predicted molar refractivity (Wildman–Crippen MR) is 288 cm³/mol. The first-order chi connectivity index (χ1) is 46.4. The summed E-state index contributed by atoms with van der Waals surface area (Å²) in [6, 6.07) is 0. The van der Waals surface area contributed by atoms with Crippen LogP contribution >= 0.6 is 0 Å². The van der Waals surface area contributed by atoms with E-state index in [1.807, 2.05) is 0 Å². The van der Waals surface area contributed by atoms with Crippen LogP contribution in [0.5, 0.6) is 0 Å². The molecule has 1 heterocycles. The van der Waals surface area contributed by atoms with Crippen LogP contribution < -0.4 is 25.3 Å². The SMILES string of the molecule is CCC(F)(F)OC(F)(COC(F)(C(=O)NCCOCCN(CCOCCNC(=O)C(F)(OCC(F)(OC(F)(F)CC(F)(F)F)C(F)(F)F)C(F)(F)F)c1nc(N(CCOCCN=[N+]=[N-])CCOCCN=[N+]=[N-])nc(N(CCOCCN=[N+]=[N-])CCOCCN=[N+]=[N-])n1)C(F)(F)F)C(F)(F)F. The van der Waals surface area contributed by atoms with Gasteiger partial charge in [-0.3, -0.25) is 19.1 Å². The number of nitrogens with one attached hydrogen (secondary N) is 2. The van der Waals surface area contributed by atoms with Gasteiger partial charge in [0.05, 0.1) is 79.3 Å². The van der Waals surface area contributed by atoms with E-state index in [-0.39, 0.29) is 117 Å². The van der Waals surface area contributed by atoms with Crippen molar-refractivity contribution in [3.63, 3.8) is 0 Å². The summed E-state index contributed by atoms with van der Waals surface area (Å²) in [5, 5.41) is 15.7. The van der Waals surface area contributed by atoms with Gasteiger partial charge in [-0.2, -0.15) is 116 Å². The molecule has 0 saturated carbocycles. The maximum atomic E-state index is 15.3. The summed E-state index contributed by atoms with van der Waals surface area (Å²) >= 11 is 0. The number of aromatic nitrogens is 3. The second-order valence-corrected chi connectivity index (χ2v) is 19.0. The molecule has 1 aromatic rings. The smallest absolute Gasteiger partial charge is 0.379 e. The van der Waals surface area contributed by atoms with Gasteiger partial charge < -0.3 is 63.2 Å². The van der Waals surface area contributed by atoms with Crippen LogP contribution in [0.1, 0.15) is 19.8 Å². The van der Waals surface area contributed by atoms with Crippen molar-refractivity contribution >= 4 is 29.7 Å². The fourth-order valence-corrected chi connectivity index (χ4v) is 6.76. The Morgan fingerprint density at radius 2 is 0.660 bits per heavy atom. The first kappa shape index (κ1) is 90.6. The Kier molecular flexibility index (Phi) is 38.1. The molecule has 4 atom stereocenters. The monoisotopic (exact) mass is 1510 g/mol. The predicted octanol–water partition coefficient (Wildman–Crippen LogP) is 9.39. The highest BCUT2D eigenvalue weighted by atomic mass is 19.4. The molecule has 0 spiro atoms. The summed E-state index contributed by atoms with van der Waals surface area (Å²) in [5.74, 6) is -31.6. The number of ether oxygens (including phenoxy) is 10. The number of amides is 2. The van der Waals surface area contributed by atoms with Crippen molar-refractivity contribution in [2.75, 3.05) is 186 Å². The van der Waals surface area contributed by atoms with Crippen LogP contribution in [-0.4, -0.2) is 264 Å². The lowest BCUT2D eigenvalue weighted by Crippen LogP contribution is -2.60. The number of azide groups is 4. The van der Waals surface area contributed by atoms with Gasteiger partial charge in [-0.15, -0.1) is 0 Å². The average Bonchev–Trinajstić information content (AvgIpc) is 0.783. The molecule has 0 aliphatic carbocycles. The zero-order valence-corrected chi connectivity index (χ0v) is 51.4. The van der Waals surface area contributed by atoms with E-state index in [4.69, 9.17) is 50.5 Å². The van der Waals surface area contributed by atoms with E-state index in [2.05, 4.69) is 74.0 Å². The topological polar surface area (TPSA) is 394 Å². The molecule has 0 aliphatic heterocycles. The number of hydrogen-bond acceptors (Lipinski definition) is 22. The second kappa shape index (κ2) is 42.1. The molecule has 0 aromatic carbocycles. The Hall–Kier alpha value is -7.42. The van der Waals surface area contributed by atoms with E-state index in [0.717, 1.165) is 10.2 Å². The standard InChI is InChI=1S/C45H61F23N20O12/c1-2-38(51,52)99-35(46,42(57,58)59)28-97-40(55,44(63,64)65)30(89)73-3-15-91-21-9-86(10-22-92-16-4-74-31(90)41(56,45(66,67)68)98-29-36(47,43(60,61)62)100-39(53,54)27-37(48,49)50)32-79-33(87(11-23-93-17-5-75-82-69)12-24-94-18-6-76-83-70)81-34(80-32)88(13-25-95-19-7-77-84-71)14-26-96-20-8-78-85-72/h2-29H2,1H3,(H,73,89)(H,74,90). The summed E-state index contributed by atoms with van der Waals surface area (Å²) in [6.07, 6.45) is -49.9. The van der Waals surface area contributed by atoms with E-state index in [9.17, 15) is 102 Å². The van der Waals surface area contributed by atoms with Crippen LogP contribution in [0.4, 0.5) is 119 Å². The molecule has 2 amide bonds. The Morgan fingerprint density at radius 1 is 0.400 bits per heavy atom. The Morgan fingerprint density at radius 3 is 0.890 bits per heavy atom. The Labute approximate surface area is 547 Å². The fourth-order valence-electron chi connectivity index (χ4n) is 6.76. The maximum absolute atomic E-state index is 15.3. The number of alkyl halides is 23. The molecule has 32 nitrogen and oxygen atoms in total. The van der Waals surface area contributed by atoms with E-state index in [1.165, 1.54) is 15.1 Å². The summed E-state index contributed by atoms with van der Waals surface area (Å²) in [4.78, 5) is 52.8. The van der Waals surface area contributed by atoms with E-state index >= 15 is 8.78 Å². The molecule has 0 bridgehead atoms. The van der Waals surface area contributed by atoms with Crippen molar-refractivity contribution in [3.05, 3.63) is 41.8 Å². The van der Waals surface area contributed by atoms with Crippen LogP contribution in [0.2, 0.25) is 0 Å². The highest BCUT2D eigenvalue weighted by Gasteiger charge is 2.70. The van der Waals surface area contributed by atoms with Crippen LogP contribution in [-0.2, 0) is 57.0 Å². The summed E-state index contributed by atoms with van der Waals surface area (Å²) < 4.78 is 362. The second-order valence-electron chi connectivity index (χ2n) is 19.0. The molecular weight excluding hydrogens is 1450 g/mol. The number of hydrogen-bond donors (Lipinski definition) is 2. The van der Waals surface area contributed by atoms with Crippen molar-refractivity contribution in [2.45, 2.75) is 86.3 Å². The van der Waals surface area contributed by atoms with E-state index in [1.54, 1.807) is 0 Å². The molecule has 55 heteroatoms. The lowest BCUT2D eigenvalue weighted by molar-refractivity contribution is -0.440. The van der Waals surface area contributed by atoms with Crippen LogP contribution in [0, 0.1) is 0 Å². The molecule has 0 fully saturated rings. The van der Waals surface area contributed by atoms with Gasteiger partial charge in [0, 0.05) is 105 Å². The average molecular weight is 1510 g/mol. The lowest BCUT2D eigenvalue weighted by atomic mass is 10.2. The summed E-state index contributed by atoms with van der Waals surface area (Å²) in [7, 11) is 0. The molecular formula is C45H61F23N20O12. The van der Waals surface area contributed by atoms with Gasteiger partial charge >= 0.3 is 66.5 Å². The van der Waals surface area contributed by atoms with Gasteiger partial charge in [-0.05, 0) is 22.1 Å². The minimum absolute atomic E-state index is 0.157. The largest absolute Gasteiger partial charge is 0.458 e. The molecule has 0 saturated heterocycles. The number of anilines is 3. The van der Waals surface area contributed by atoms with Gasteiger partial charge in [-0.1, -0.05) is 27.4 Å². The van der Waals surface area contributed by atoms with E-state index < -0.39 is 163 Å². The Bertz CT molecular complexity index is 2690. The number of rotatable bonds is 53. The third kappa shape index (κ3) is 32.5. The summed E-state index contributed by atoms with van der Waals surface area (Å²) in [5.41, 5.74) is 34.7. The number of halogens is 23. The van der Waals surface area contributed by atoms with Crippen molar-refractivity contribution in [1.29, 1.82) is 0 Å². The van der Waals surface area contributed by atoms with E-state index in [0.29, 0.717) is 6.92 Å². The van der Waals surface area contributed by atoms with Gasteiger partial charge in [0.2, 0.25) is 17.8 Å². The molecule has 2 N–H and O–H groups in total. The first-order valence-electron chi connectivity index (χ1n) is 28.0. The quantitative estimate of drug-likeness (QED) is 0.0201. The minimum Gasteiger partial charge on any atom is -0.379 e. The molecule has 100 heavy (non-hydrogen) atoms. The van der Waals surface area contributed by atoms with Crippen LogP contribution in [0.15, 0.2) is 20.5 Å². The van der Waals surface area contributed by atoms with Gasteiger partial charge in [-0.25, -0.2) is 0 Å². The highest BCUT2D eigenvalue weighted by molar-refractivity contribution is 5.85. The lowest BCUT2D eigenvalue weighted by Gasteiger charge is -2.34. The van der Waals surface area contributed by atoms with Crippen LogP contribution in [0.25, 0.3) is 41.8 Å². The molecule has 4 unspecified atom stereocenters. The summed E-state index contributed by atoms with van der Waals surface area (Å²) in [6.45, 7) is -17.0. The first-order valence-corrected chi connectivity index (χ1v) is 28.0. The number of carbonyl (C=O) groups excluding carboxylic acids is 2. The normalized spacial score (nSPS) is 14.9. The van der Waals surface area contributed by atoms with Crippen molar-refractivity contribution in [2.24, 2.45) is 20.5 Å². The highest BCUT2D eigenvalue weighted by Crippen LogP contribution is 2.46. The van der Waals surface area contributed by atoms with Gasteiger partial charge in [0.15, 0.2) is 0 Å².